The Kier molecular flexibility index (Phi) is 5.60. The molecule has 2 aromatic carbocycles. The molecule has 7 nitrogen and oxygen atoms in total. The molecule has 0 radical (unpaired) electrons. The first-order valence-electron chi connectivity index (χ1n) is 12.1. The summed E-state index contributed by atoms with van der Waals surface area (Å²) in [5.74, 6) is 3.51. The summed E-state index contributed by atoms with van der Waals surface area (Å²) in [4.78, 5) is 17.9. The average Bonchev–Trinajstić information content (AvgIpc) is 3.24. The first kappa shape index (κ1) is 22.9. The number of Topliss-reactive ketones (excluding diaryl/α,β-unsaturated/α-hetero) is 1. The zero-order chi connectivity index (χ0) is 24.2. The van der Waals surface area contributed by atoms with E-state index in [2.05, 4.69) is 9.71 Å². The largest absolute Gasteiger partial charge is 0.497 e. The maximum Gasteiger partial charge on any atom is 0.261 e. The molecular formula is C26H28N2O5S2. The molecule has 0 amide bonds. The molecule has 35 heavy (non-hydrogen) atoms. The normalized spacial score (nSPS) is 27.3. The van der Waals surface area contributed by atoms with Crippen molar-refractivity contribution in [3.05, 3.63) is 42.5 Å². The summed E-state index contributed by atoms with van der Waals surface area (Å²) in [5, 5.41) is 0.399. The van der Waals surface area contributed by atoms with E-state index in [0.29, 0.717) is 39.3 Å². The highest BCUT2D eigenvalue weighted by Crippen LogP contribution is 2.60. The highest BCUT2D eigenvalue weighted by molar-refractivity contribution is 7.99. The number of carbonyl (C=O) groups is 1. The standard InChI is InChI=1S/C26H28N2O5S2/c1-32-20-4-2-19(3-5-20)28-35(30,31)21-6-7-23-22(11-21)27-25(33-23)34-15-24(29)26-12-16-8-17(13-26)10-18(9-16)14-26/h2-7,11,16-18,28H,8-10,12-15H2,1H3. The predicted molar refractivity (Wildman–Crippen MR) is 134 cm³/mol. The lowest BCUT2D eigenvalue weighted by Crippen LogP contribution is -2.50. The van der Waals surface area contributed by atoms with Crippen LogP contribution in [0.25, 0.3) is 11.1 Å². The minimum atomic E-state index is -3.80. The number of ether oxygens (including phenoxy) is 1. The van der Waals surface area contributed by atoms with Crippen molar-refractivity contribution in [3.63, 3.8) is 0 Å². The molecule has 0 spiro atoms. The Balaban J connectivity index is 1.15. The van der Waals surface area contributed by atoms with Crippen molar-refractivity contribution in [2.45, 2.75) is 48.6 Å². The predicted octanol–water partition coefficient (Wildman–Crippen LogP) is 5.51. The summed E-state index contributed by atoms with van der Waals surface area (Å²) in [6, 6.07) is 11.3. The lowest BCUT2D eigenvalue weighted by Gasteiger charge is -2.55. The second kappa shape index (κ2) is 8.55. The minimum absolute atomic E-state index is 0.0929. The van der Waals surface area contributed by atoms with Gasteiger partial charge in [0.05, 0.1) is 17.8 Å². The fraction of sp³-hybridized carbons (Fsp3) is 0.462. The summed E-state index contributed by atoms with van der Waals surface area (Å²) < 4.78 is 39.3. The number of aromatic nitrogens is 1. The minimum Gasteiger partial charge on any atom is -0.497 e. The zero-order valence-electron chi connectivity index (χ0n) is 19.5. The molecule has 4 fully saturated rings. The number of thioether (sulfide) groups is 1. The van der Waals surface area contributed by atoms with Crippen LogP contribution >= 0.6 is 11.8 Å². The molecule has 0 aliphatic heterocycles. The molecule has 0 unspecified atom stereocenters. The van der Waals surface area contributed by atoms with E-state index < -0.39 is 10.0 Å². The fourth-order valence-corrected chi connectivity index (χ4v) is 8.67. The van der Waals surface area contributed by atoms with Crippen molar-refractivity contribution in [2.75, 3.05) is 17.6 Å². The van der Waals surface area contributed by atoms with Gasteiger partial charge < -0.3 is 9.15 Å². The Morgan fingerprint density at radius 1 is 1.09 bits per heavy atom. The van der Waals surface area contributed by atoms with E-state index in [0.717, 1.165) is 37.0 Å². The van der Waals surface area contributed by atoms with Crippen LogP contribution < -0.4 is 9.46 Å². The van der Waals surface area contributed by atoms with Gasteiger partial charge >= 0.3 is 0 Å². The van der Waals surface area contributed by atoms with Gasteiger partial charge in [-0.15, -0.1) is 0 Å². The van der Waals surface area contributed by atoms with Crippen LogP contribution in [0.1, 0.15) is 38.5 Å². The second-order valence-electron chi connectivity index (χ2n) is 10.4. The Morgan fingerprint density at radius 3 is 2.37 bits per heavy atom. The Bertz CT molecular complexity index is 1350. The van der Waals surface area contributed by atoms with Crippen LogP contribution in [0, 0.1) is 23.2 Å². The fourth-order valence-electron chi connectivity index (χ4n) is 6.72. The zero-order valence-corrected chi connectivity index (χ0v) is 21.2. The van der Waals surface area contributed by atoms with Gasteiger partial charge in [-0.05, 0) is 98.7 Å². The van der Waals surface area contributed by atoms with E-state index in [4.69, 9.17) is 9.15 Å². The Hall–Kier alpha value is -2.52. The third kappa shape index (κ3) is 4.33. The van der Waals surface area contributed by atoms with Crippen LogP contribution in [0.5, 0.6) is 5.75 Å². The van der Waals surface area contributed by atoms with Gasteiger partial charge in [-0.1, -0.05) is 11.8 Å². The van der Waals surface area contributed by atoms with E-state index in [1.165, 1.54) is 43.2 Å². The van der Waals surface area contributed by atoms with Gasteiger partial charge in [0.25, 0.3) is 15.2 Å². The van der Waals surface area contributed by atoms with Gasteiger partial charge in [0.1, 0.15) is 17.0 Å². The summed E-state index contributed by atoms with van der Waals surface area (Å²) in [6.07, 6.45) is 7.08. The summed E-state index contributed by atoms with van der Waals surface area (Å²) >= 11 is 1.32. The molecule has 0 atom stereocenters. The lowest BCUT2D eigenvalue weighted by molar-refractivity contribution is -0.141. The topological polar surface area (TPSA) is 98.5 Å². The maximum atomic E-state index is 13.3. The third-order valence-electron chi connectivity index (χ3n) is 7.95. The number of carbonyl (C=O) groups excluding carboxylic acids is 1. The first-order chi connectivity index (χ1) is 16.8. The average molecular weight is 513 g/mol. The van der Waals surface area contributed by atoms with E-state index in [9.17, 15) is 13.2 Å². The summed E-state index contributed by atoms with van der Waals surface area (Å²) in [6.45, 7) is 0. The third-order valence-corrected chi connectivity index (χ3v) is 10.2. The monoisotopic (exact) mass is 512 g/mol. The van der Waals surface area contributed by atoms with Gasteiger partial charge in [0.2, 0.25) is 0 Å². The molecular weight excluding hydrogens is 484 g/mol. The number of oxazole rings is 1. The Labute approximate surface area is 209 Å². The van der Waals surface area contributed by atoms with Crippen molar-refractivity contribution in [2.24, 2.45) is 23.2 Å². The molecule has 0 saturated heterocycles. The molecule has 7 rings (SSSR count). The quantitative estimate of drug-likeness (QED) is 0.397. The van der Waals surface area contributed by atoms with Crippen LogP contribution in [0.2, 0.25) is 0 Å². The highest BCUT2D eigenvalue weighted by atomic mass is 32.2. The molecule has 4 aliphatic carbocycles. The molecule has 4 bridgehead atoms. The van der Waals surface area contributed by atoms with E-state index >= 15 is 0 Å². The molecule has 9 heteroatoms. The van der Waals surface area contributed by atoms with Gasteiger partial charge in [-0.25, -0.2) is 13.4 Å². The number of hydrogen-bond acceptors (Lipinski definition) is 7. The summed E-state index contributed by atoms with van der Waals surface area (Å²) in [5.41, 5.74) is 1.25. The van der Waals surface area contributed by atoms with Gasteiger partial charge in [0.15, 0.2) is 5.58 Å². The van der Waals surface area contributed by atoms with E-state index in [-0.39, 0.29) is 10.3 Å². The number of anilines is 1. The Morgan fingerprint density at radius 2 is 1.74 bits per heavy atom. The van der Waals surface area contributed by atoms with Crippen LogP contribution in [-0.4, -0.2) is 32.0 Å². The number of rotatable bonds is 8. The summed E-state index contributed by atoms with van der Waals surface area (Å²) in [7, 11) is -2.25. The molecule has 4 aliphatic rings. The number of fused-ring (bicyclic) bond motifs is 1. The number of nitrogens with one attached hydrogen (secondary N) is 1. The van der Waals surface area contributed by atoms with Crippen molar-refractivity contribution >= 4 is 44.4 Å². The van der Waals surface area contributed by atoms with Gasteiger partial charge in [-0.2, -0.15) is 0 Å². The number of methoxy groups -OCH3 is 1. The van der Waals surface area contributed by atoms with Crippen LogP contribution in [0.15, 0.2) is 57.0 Å². The second-order valence-corrected chi connectivity index (χ2v) is 13.0. The van der Waals surface area contributed by atoms with Crippen molar-refractivity contribution in [1.82, 2.24) is 4.98 Å². The van der Waals surface area contributed by atoms with Crippen LogP contribution in [0.4, 0.5) is 5.69 Å². The van der Waals surface area contributed by atoms with Crippen LogP contribution in [-0.2, 0) is 14.8 Å². The van der Waals surface area contributed by atoms with E-state index in [1.807, 2.05) is 0 Å². The molecule has 1 aromatic heterocycles. The molecule has 3 aromatic rings. The SMILES string of the molecule is COc1ccc(NS(=O)(=O)c2ccc3oc(SCC(=O)C45CC6CC(CC(C6)C4)C5)nc3c2)cc1. The lowest BCUT2D eigenvalue weighted by atomic mass is 9.48. The molecule has 1 N–H and O–H groups in total. The van der Waals surface area contributed by atoms with Crippen molar-refractivity contribution < 1.29 is 22.4 Å². The molecule has 184 valence electrons. The highest BCUT2D eigenvalue weighted by Gasteiger charge is 2.54. The van der Waals surface area contributed by atoms with E-state index in [1.54, 1.807) is 37.4 Å². The number of benzene rings is 2. The van der Waals surface area contributed by atoms with Crippen LogP contribution in [0.3, 0.4) is 0 Å². The molecule has 4 saturated carbocycles. The first-order valence-corrected chi connectivity index (χ1v) is 14.5. The van der Waals surface area contributed by atoms with Crippen molar-refractivity contribution in [1.29, 1.82) is 0 Å². The number of ketones is 1. The number of sulfonamides is 1. The number of nitrogens with zero attached hydrogens (tertiary/aromatic N) is 1. The van der Waals surface area contributed by atoms with Crippen molar-refractivity contribution in [3.8, 4) is 5.75 Å². The van der Waals surface area contributed by atoms with Gasteiger partial charge in [0, 0.05) is 11.1 Å². The van der Waals surface area contributed by atoms with Gasteiger partial charge in [-0.3, -0.25) is 9.52 Å². The maximum absolute atomic E-state index is 13.3. The smallest absolute Gasteiger partial charge is 0.261 e. The molecule has 1 heterocycles. The number of hydrogen-bond donors (Lipinski definition) is 1.